The normalized spacial score (nSPS) is 10.4. The molecule has 0 aliphatic carbocycles. The molecule has 92 valence electrons. The lowest BCUT2D eigenvalue weighted by Gasteiger charge is -1.99. The van der Waals surface area contributed by atoms with Gasteiger partial charge in [-0.25, -0.2) is 4.79 Å². The zero-order valence-electron chi connectivity index (χ0n) is 10.2. The van der Waals surface area contributed by atoms with Gasteiger partial charge in [0, 0.05) is 11.6 Å². The van der Waals surface area contributed by atoms with Gasteiger partial charge in [0.25, 0.3) is 0 Å². The van der Waals surface area contributed by atoms with Crippen molar-refractivity contribution in [3.63, 3.8) is 0 Å². The van der Waals surface area contributed by atoms with Crippen molar-refractivity contribution in [2.75, 3.05) is 0 Å². The van der Waals surface area contributed by atoms with Crippen LogP contribution in [-0.4, -0.2) is 11.1 Å². The van der Waals surface area contributed by atoms with Crippen LogP contribution in [0.4, 0.5) is 0 Å². The third-order valence-electron chi connectivity index (χ3n) is 2.52. The summed E-state index contributed by atoms with van der Waals surface area (Å²) in [7, 11) is 0. The van der Waals surface area contributed by atoms with Crippen molar-refractivity contribution in [3.05, 3.63) is 77.9 Å². The van der Waals surface area contributed by atoms with Crippen LogP contribution in [0.5, 0.6) is 0 Å². The summed E-state index contributed by atoms with van der Waals surface area (Å²) in [5, 5.41) is 9.19. The van der Waals surface area contributed by atoms with Gasteiger partial charge in [0.2, 0.25) is 0 Å². The van der Waals surface area contributed by atoms with Crippen LogP contribution in [0, 0.1) is 11.8 Å². The van der Waals surface area contributed by atoms with E-state index in [0.29, 0.717) is 5.56 Å². The summed E-state index contributed by atoms with van der Waals surface area (Å²) >= 11 is 0. The first-order valence-electron chi connectivity index (χ1n) is 5.83. The van der Waals surface area contributed by atoms with E-state index >= 15 is 0 Å². The van der Waals surface area contributed by atoms with Gasteiger partial charge in [0.05, 0.1) is 5.57 Å². The molecule has 0 bridgehead atoms. The van der Waals surface area contributed by atoms with Gasteiger partial charge in [-0.1, -0.05) is 60.4 Å². The van der Waals surface area contributed by atoms with E-state index in [1.807, 2.05) is 36.4 Å². The second-order valence-corrected chi connectivity index (χ2v) is 3.86. The zero-order chi connectivity index (χ0) is 13.5. The van der Waals surface area contributed by atoms with Crippen molar-refractivity contribution < 1.29 is 9.90 Å². The zero-order valence-corrected chi connectivity index (χ0v) is 10.2. The Bertz CT molecular complexity index is 644. The highest BCUT2D eigenvalue weighted by Crippen LogP contribution is 2.13. The van der Waals surface area contributed by atoms with Crippen LogP contribution < -0.4 is 0 Å². The molecule has 2 aromatic rings. The number of carbonyl (C=O) groups is 1. The summed E-state index contributed by atoms with van der Waals surface area (Å²) in [6, 6.07) is 18.4. The van der Waals surface area contributed by atoms with Gasteiger partial charge >= 0.3 is 5.97 Å². The molecular formula is C17H12O2. The Kier molecular flexibility index (Phi) is 4.15. The third-order valence-corrected chi connectivity index (χ3v) is 2.52. The Morgan fingerprint density at radius 3 is 2.11 bits per heavy atom. The number of hydrogen-bond donors (Lipinski definition) is 1. The van der Waals surface area contributed by atoms with Crippen molar-refractivity contribution in [2.45, 2.75) is 0 Å². The lowest BCUT2D eigenvalue weighted by Crippen LogP contribution is -1.98. The van der Waals surface area contributed by atoms with E-state index in [2.05, 4.69) is 11.8 Å². The van der Waals surface area contributed by atoms with E-state index in [1.165, 1.54) is 6.08 Å². The standard InChI is InChI=1S/C17H12O2/c18-17(19)16(15-11-5-2-6-12-15)13-7-10-14-8-3-1-4-9-14/h1-6,8-9,11-13H,(H,18,19)/b16-13+. The number of benzene rings is 2. The second kappa shape index (κ2) is 6.23. The van der Waals surface area contributed by atoms with Crippen molar-refractivity contribution in [3.8, 4) is 11.8 Å². The molecule has 0 fully saturated rings. The Morgan fingerprint density at radius 2 is 1.53 bits per heavy atom. The maximum absolute atomic E-state index is 11.2. The monoisotopic (exact) mass is 248 g/mol. The first-order valence-corrected chi connectivity index (χ1v) is 5.83. The predicted octanol–water partition coefficient (Wildman–Crippen LogP) is 3.21. The minimum atomic E-state index is -0.978. The highest BCUT2D eigenvalue weighted by Gasteiger charge is 2.08. The van der Waals surface area contributed by atoms with E-state index in [9.17, 15) is 9.90 Å². The molecule has 2 heteroatoms. The molecule has 0 spiro atoms. The lowest BCUT2D eigenvalue weighted by atomic mass is 10.1. The van der Waals surface area contributed by atoms with E-state index in [0.717, 1.165) is 5.56 Å². The molecule has 0 aliphatic heterocycles. The van der Waals surface area contributed by atoms with Crippen LogP contribution >= 0.6 is 0 Å². The topological polar surface area (TPSA) is 37.3 Å². The number of hydrogen-bond acceptors (Lipinski definition) is 1. The van der Waals surface area contributed by atoms with Crippen LogP contribution in [0.2, 0.25) is 0 Å². The van der Waals surface area contributed by atoms with Gasteiger partial charge in [0.1, 0.15) is 0 Å². The van der Waals surface area contributed by atoms with Crippen LogP contribution in [0.15, 0.2) is 66.7 Å². The fourth-order valence-corrected chi connectivity index (χ4v) is 1.60. The smallest absolute Gasteiger partial charge is 0.336 e. The summed E-state index contributed by atoms with van der Waals surface area (Å²) in [4.78, 5) is 11.2. The SMILES string of the molecule is O=C(O)/C(=C/C#Cc1ccccc1)c1ccccc1. The van der Waals surface area contributed by atoms with Crippen LogP contribution in [0.1, 0.15) is 11.1 Å². The van der Waals surface area contributed by atoms with E-state index in [-0.39, 0.29) is 5.57 Å². The Balaban J connectivity index is 2.29. The van der Waals surface area contributed by atoms with Crippen LogP contribution in [0.3, 0.4) is 0 Å². The number of rotatable bonds is 2. The van der Waals surface area contributed by atoms with Gasteiger partial charge in [0.15, 0.2) is 0 Å². The molecule has 1 N–H and O–H groups in total. The maximum Gasteiger partial charge on any atom is 0.336 e. The molecule has 0 unspecified atom stereocenters. The molecule has 19 heavy (non-hydrogen) atoms. The molecule has 0 atom stereocenters. The fourth-order valence-electron chi connectivity index (χ4n) is 1.60. The fraction of sp³-hybridized carbons (Fsp3) is 0. The van der Waals surface area contributed by atoms with E-state index in [1.54, 1.807) is 24.3 Å². The Hall–Kier alpha value is -2.79. The molecule has 0 aliphatic rings. The van der Waals surface area contributed by atoms with Gasteiger partial charge in [-0.05, 0) is 17.7 Å². The minimum Gasteiger partial charge on any atom is -0.478 e. The number of aliphatic carboxylic acids is 1. The van der Waals surface area contributed by atoms with Crippen molar-refractivity contribution >= 4 is 11.5 Å². The minimum absolute atomic E-state index is 0.198. The molecule has 0 heterocycles. The average Bonchev–Trinajstić information content (AvgIpc) is 2.45. The third kappa shape index (κ3) is 3.58. The predicted molar refractivity (Wildman–Crippen MR) is 75.4 cm³/mol. The number of allylic oxidation sites excluding steroid dienone is 1. The van der Waals surface area contributed by atoms with E-state index < -0.39 is 5.97 Å². The van der Waals surface area contributed by atoms with Gasteiger partial charge in [-0.3, -0.25) is 0 Å². The maximum atomic E-state index is 11.2. The molecule has 0 amide bonds. The average molecular weight is 248 g/mol. The van der Waals surface area contributed by atoms with Gasteiger partial charge in [-0.2, -0.15) is 0 Å². The van der Waals surface area contributed by atoms with Crippen molar-refractivity contribution in [2.24, 2.45) is 0 Å². The first kappa shape index (κ1) is 12.7. The molecule has 0 saturated carbocycles. The molecule has 2 rings (SSSR count). The van der Waals surface area contributed by atoms with Crippen LogP contribution in [0.25, 0.3) is 5.57 Å². The highest BCUT2D eigenvalue weighted by molar-refractivity contribution is 6.15. The van der Waals surface area contributed by atoms with Gasteiger partial charge < -0.3 is 5.11 Å². The molecule has 0 saturated heterocycles. The number of carboxylic acids is 1. The quantitative estimate of drug-likeness (QED) is 0.654. The van der Waals surface area contributed by atoms with Crippen molar-refractivity contribution in [1.82, 2.24) is 0 Å². The second-order valence-electron chi connectivity index (χ2n) is 3.86. The summed E-state index contributed by atoms with van der Waals surface area (Å²) in [5.41, 5.74) is 1.71. The highest BCUT2D eigenvalue weighted by atomic mass is 16.4. The first-order chi connectivity index (χ1) is 9.27. The summed E-state index contributed by atoms with van der Waals surface area (Å²) in [6.45, 7) is 0. The molecule has 2 nitrogen and oxygen atoms in total. The van der Waals surface area contributed by atoms with Crippen LogP contribution in [-0.2, 0) is 4.79 Å². The summed E-state index contributed by atoms with van der Waals surface area (Å²) in [6.07, 6.45) is 1.44. The number of carboxylic acid groups (broad SMARTS) is 1. The summed E-state index contributed by atoms with van der Waals surface area (Å²) in [5.74, 6) is 4.72. The Labute approximate surface area is 112 Å². The van der Waals surface area contributed by atoms with E-state index in [4.69, 9.17) is 0 Å². The lowest BCUT2D eigenvalue weighted by molar-refractivity contribution is -0.130. The molecular weight excluding hydrogens is 236 g/mol. The van der Waals surface area contributed by atoms with Gasteiger partial charge in [-0.15, -0.1) is 0 Å². The largest absolute Gasteiger partial charge is 0.478 e. The Morgan fingerprint density at radius 1 is 0.947 bits per heavy atom. The molecule has 2 aromatic carbocycles. The summed E-state index contributed by atoms with van der Waals surface area (Å²) < 4.78 is 0. The van der Waals surface area contributed by atoms with Crippen molar-refractivity contribution in [1.29, 1.82) is 0 Å². The molecule has 0 radical (unpaired) electrons. The molecule has 0 aromatic heterocycles.